The minimum absolute atomic E-state index is 0.121. The molecule has 0 spiro atoms. The first kappa shape index (κ1) is 20.2. The fourth-order valence-electron chi connectivity index (χ4n) is 4.31. The van der Waals surface area contributed by atoms with Crippen LogP contribution < -0.4 is 14.8 Å². The number of benzene rings is 2. The topological polar surface area (TPSA) is 77.5 Å². The summed E-state index contributed by atoms with van der Waals surface area (Å²) in [7, 11) is 1.61. The van der Waals surface area contributed by atoms with Crippen molar-refractivity contribution in [2.24, 2.45) is 0 Å². The smallest absolute Gasteiger partial charge is 0.251 e. The Morgan fingerprint density at radius 1 is 1.03 bits per heavy atom. The summed E-state index contributed by atoms with van der Waals surface area (Å²) in [5.74, 6) is 1.51. The van der Waals surface area contributed by atoms with Gasteiger partial charge in [-0.1, -0.05) is 18.2 Å². The van der Waals surface area contributed by atoms with E-state index in [0.717, 1.165) is 46.5 Å². The van der Waals surface area contributed by atoms with Crippen LogP contribution in [0.2, 0.25) is 0 Å². The van der Waals surface area contributed by atoms with Gasteiger partial charge in [-0.3, -0.25) is 14.6 Å². The van der Waals surface area contributed by atoms with Crippen molar-refractivity contribution in [3.8, 4) is 22.6 Å². The Labute approximate surface area is 186 Å². The zero-order chi connectivity index (χ0) is 22.3. The molecule has 1 N–H and O–H groups in total. The molecule has 1 aliphatic carbocycles. The number of nitrogens with zero attached hydrogens (tertiary/aromatic N) is 1. The van der Waals surface area contributed by atoms with Gasteiger partial charge in [0.15, 0.2) is 11.5 Å². The van der Waals surface area contributed by atoms with E-state index in [2.05, 4.69) is 10.3 Å². The van der Waals surface area contributed by atoms with Gasteiger partial charge in [0.05, 0.1) is 5.41 Å². The van der Waals surface area contributed by atoms with Crippen LogP contribution in [0.1, 0.15) is 40.0 Å². The number of aryl methyl sites for hydroxylation is 1. The Morgan fingerprint density at radius 2 is 1.78 bits per heavy atom. The molecule has 0 atom stereocenters. The maximum Gasteiger partial charge on any atom is 0.251 e. The van der Waals surface area contributed by atoms with E-state index < -0.39 is 5.41 Å². The van der Waals surface area contributed by atoms with Crippen molar-refractivity contribution in [1.82, 2.24) is 10.3 Å². The van der Waals surface area contributed by atoms with Gasteiger partial charge in [-0.05, 0) is 66.8 Å². The van der Waals surface area contributed by atoms with Gasteiger partial charge in [-0.25, -0.2) is 0 Å². The van der Waals surface area contributed by atoms with Gasteiger partial charge in [-0.2, -0.15) is 0 Å². The van der Waals surface area contributed by atoms with Crippen LogP contribution in [0.3, 0.4) is 0 Å². The van der Waals surface area contributed by atoms with Crippen LogP contribution in [0, 0.1) is 6.92 Å². The summed E-state index contributed by atoms with van der Waals surface area (Å²) in [6.45, 7) is 2.17. The van der Waals surface area contributed by atoms with E-state index in [1.165, 1.54) is 0 Å². The van der Waals surface area contributed by atoms with Gasteiger partial charge in [0, 0.05) is 36.5 Å². The van der Waals surface area contributed by atoms with Crippen LogP contribution >= 0.6 is 0 Å². The molecule has 3 aromatic rings. The van der Waals surface area contributed by atoms with Gasteiger partial charge >= 0.3 is 0 Å². The molecule has 1 saturated carbocycles. The Hall–Kier alpha value is -3.67. The van der Waals surface area contributed by atoms with E-state index in [0.29, 0.717) is 17.7 Å². The fourth-order valence-corrected chi connectivity index (χ4v) is 4.31. The number of rotatable bonds is 6. The number of amides is 1. The van der Waals surface area contributed by atoms with Gasteiger partial charge in [0.1, 0.15) is 5.78 Å². The Morgan fingerprint density at radius 3 is 2.50 bits per heavy atom. The van der Waals surface area contributed by atoms with Crippen molar-refractivity contribution in [2.45, 2.75) is 31.6 Å². The molecule has 0 bridgehead atoms. The molecular weight excluding hydrogens is 404 g/mol. The molecule has 162 valence electrons. The average Bonchev–Trinajstić information content (AvgIpc) is 3.50. The van der Waals surface area contributed by atoms with Crippen molar-refractivity contribution in [3.63, 3.8) is 0 Å². The van der Waals surface area contributed by atoms with E-state index in [1.807, 2.05) is 43.3 Å². The quantitative estimate of drug-likeness (QED) is 0.642. The average molecular weight is 428 g/mol. The molecule has 1 aliphatic heterocycles. The predicted molar refractivity (Wildman–Crippen MR) is 120 cm³/mol. The lowest BCUT2D eigenvalue weighted by Gasteiger charge is -2.16. The second-order valence-corrected chi connectivity index (χ2v) is 8.38. The maximum absolute atomic E-state index is 13.3. The van der Waals surface area contributed by atoms with E-state index >= 15 is 0 Å². The number of hydrogen-bond donors (Lipinski definition) is 1. The molecule has 6 heteroatoms. The third-order valence-electron chi connectivity index (χ3n) is 6.40. The molecule has 0 radical (unpaired) electrons. The van der Waals surface area contributed by atoms with E-state index in [9.17, 15) is 9.59 Å². The molecule has 32 heavy (non-hydrogen) atoms. The highest BCUT2D eigenvalue weighted by Gasteiger charge is 2.50. The number of ketones is 1. The number of Topliss-reactive ketones (excluding diaryl/α,β-unsaturated/α-hetero) is 1. The molecule has 2 aliphatic rings. The van der Waals surface area contributed by atoms with E-state index in [-0.39, 0.29) is 18.5 Å². The number of nitrogens with one attached hydrogen (secondary N) is 1. The molecule has 1 fully saturated rings. The number of aromatic nitrogens is 1. The molecule has 6 nitrogen and oxygen atoms in total. The summed E-state index contributed by atoms with van der Waals surface area (Å²) in [5.41, 5.74) is 4.86. The minimum atomic E-state index is -0.443. The van der Waals surface area contributed by atoms with Gasteiger partial charge in [-0.15, -0.1) is 0 Å². The summed E-state index contributed by atoms with van der Waals surface area (Å²) in [6.07, 6.45) is 3.80. The van der Waals surface area contributed by atoms with E-state index in [4.69, 9.17) is 9.47 Å². The highest BCUT2D eigenvalue weighted by atomic mass is 16.7. The van der Waals surface area contributed by atoms with Crippen molar-refractivity contribution in [2.75, 3.05) is 13.8 Å². The van der Waals surface area contributed by atoms with Gasteiger partial charge in [0.25, 0.3) is 5.91 Å². The van der Waals surface area contributed by atoms with Crippen molar-refractivity contribution in [3.05, 3.63) is 77.1 Å². The number of pyridine rings is 1. The first-order chi connectivity index (χ1) is 15.5. The Balaban J connectivity index is 1.38. The molecule has 1 aromatic heterocycles. The molecular formula is C26H24N2O4. The second-order valence-electron chi connectivity index (χ2n) is 8.38. The monoisotopic (exact) mass is 428 g/mol. The van der Waals surface area contributed by atoms with Gasteiger partial charge in [0.2, 0.25) is 6.79 Å². The first-order valence-corrected chi connectivity index (χ1v) is 10.7. The molecule has 1 amide bonds. The van der Waals surface area contributed by atoms with Crippen molar-refractivity contribution >= 4 is 11.7 Å². The summed E-state index contributed by atoms with van der Waals surface area (Å²) >= 11 is 0. The SMILES string of the molecule is CNC(=O)c1ccc(-c2cc(CC(=O)C3(c4ccc5c(c4)OCO5)CC3)cnc2C)cc1. The number of fused-ring (bicyclic) bond motifs is 1. The lowest BCUT2D eigenvalue weighted by atomic mass is 9.87. The summed E-state index contributed by atoms with van der Waals surface area (Å²) in [6, 6.07) is 15.3. The molecule has 2 heterocycles. The number of hydrogen-bond acceptors (Lipinski definition) is 5. The standard InChI is InChI=1S/C26H24N2O4/c1-16-21(18-3-5-19(6-4-18)25(30)27-2)11-17(14-28-16)12-24(29)26(9-10-26)20-7-8-22-23(13-20)32-15-31-22/h3-8,11,13-14H,9-10,12,15H2,1-2H3,(H,27,30). The number of ether oxygens (including phenoxy) is 2. The summed E-state index contributed by atoms with van der Waals surface area (Å²) in [4.78, 5) is 29.7. The third-order valence-corrected chi connectivity index (χ3v) is 6.40. The van der Waals surface area contributed by atoms with Crippen LogP contribution in [0.15, 0.2) is 54.7 Å². The minimum Gasteiger partial charge on any atom is -0.454 e. The van der Waals surface area contributed by atoms with Gasteiger partial charge < -0.3 is 14.8 Å². The third kappa shape index (κ3) is 3.51. The van der Waals surface area contributed by atoms with Crippen LogP contribution in [0.5, 0.6) is 11.5 Å². The highest BCUT2D eigenvalue weighted by Crippen LogP contribution is 2.51. The van der Waals surface area contributed by atoms with Crippen molar-refractivity contribution < 1.29 is 19.1 Å². The predicted octanol–water partition coefficient (Wildman–Crippen LogP) is 3.99. The Bertz CT molecular complexity index is 1210. The van der Waals surface area contributed by atoms with Crippen LogP contribution in [0.25, 0.3) is 11.1 Å². The number of carbonyl (C=O) groups excluding carboxylic acids is 2. The maximum atomic E-state index is 13.3. The second kappa shape index (κ2) is 7.79. The largest absolute Gasteiger partial charge is 0.454 e. The lowest BCUT2D eigenvalue weighted by Crippen LogP contribution is -2.22. The zero-order valence-corrected chi connectivity index (χ0v) is 18.1. The first-order valence-electron chi connectivity index (χ1n) is 10.7. The molecule has 2 aromatic carbocycles. The van der Waals surface area contributed by atoms with Crippen LogP contribution in [-0.2, 0) is 16.6 Å². The normalized spacial score (nSPS) is 15.3. The molecule has 0 saturated heterocycles. The lowest BCUT2D eigenvalue weighted by molar-refractivity contribution is -0.120. The molecule has 0 unspecified atom stereocenters. The number of carbonyl (C=O) groups is 2. The fraction of sp³-hybridized carbons (Fsp3) is 0.269. The summed E-state index contributed by atoms with van der Waals surface area (Å²) < 4.78 is 10.9. The molecule has 5 rings (SSSR count). The highest BCUT2D eigenvalue weighted by molar-refractivity contribution is 5.95. The van der Waals surface area contributed by atoms with Crippen LogP contribution in [0.4, 0.5) is 0 Å². The Kier molecular flexibility index (Phi) is 4.93. The van der Waals surface area contributed by atoms with Crippen LogP contribution in [-0.4, -0.2) is 30.5 Å². The zero-order valence-electron chi connectivity index (χ0n) is 18.1. The van der Waals surface area contributed by atoms with E-state index in [1.54, 1.807) is 25.4 Å². The van der Waals surface area contributed by atoms with Crippen molar-refractivity contribution in [1.29, 1.82) is 0 Å². The summed E-state index contributed by atoms with van der Waals surface area (Å²) in [5, 5.41) is 2.63.